The molecule has 0 aliphatic rings. The summed E-state index contributed by atoms with van der Waals surface area (Å²) in [6, 6.07) is 2.87. The molecule has 2 N–H and O–H groups in total. The van der Waals surface area contributed by atoms with Crippen LogP contribution in [-0.4, -0.2) is 30.5 Å². The van der Waals surface area contributed by atoms with Crippen LogP contribution in [0.2, 0.25) is 5.02 Å². The summed E-state index contributed by atoms with van der Waals surface area (Å²) in [4.78, 5) is 24.6. The maximum Gasteiger partial charge on any atom is 0.460 e. The minimum Gasteiger partial charge on any atom is -0.461 e. The minimum atomic E-state index is -5.64. The number of rotatable bonds is 6. The van der Waals surface area contributed by atoms with Gasteiger partial charge in [-0.15, -0.1) is 0 Å². The molecule has 2 aromatic carbocycles. The number of anilines is 1. The van der Waals surface area contributed by atoms with Crippen molar-refractivity contribution in [3.63, 3.8) is 0 Å². The van der Waals surface area contributed by atoms with Gasteiger partial charge in [0.2, 0.25) is 0 Å². The van der Waals surface area contributed by atoms with Crippen LogP contribution in [0, 0.1) is 5.82 Å². The monoisotopic (exact) mass is 502 g/mol. The van der Waals surface area contributed by atoms with Crippen LogP contribution in [0.5, 0.6) is 5.75 Å². The molecule has 0 spiro atoms. The summed E-state index contributed by atoms with van der Waals surface area (Å²) in [5, 5.41) is 2.52. The van der Waals surface area contributed by atoms with Crippen LogP contribution < -0.4 is 15.4 Å². The number of halogens is 8. The van der Waals surface area contributed by atoms with E-state index < -0.39 is 64.5 Å². The number of esters is 1. The van der Waals surface area contributed by atoms with Crippen molar-refractivity contribution in [1.29, 1.82) is 0 Å². The molecule has 14 heteroatoms. The normalized spacial score (nSPS) is 13.6. The summed E-state index contributed by atoms with van der Waals surface area (Å²) in [5.74, 6) is -3.60. The summed E-state index contributed by atoms with van der Waals surface area (Å²) in [7, 11) is 0. The first-order valence-corrected chi connectivity index (χ1v) is 9.22. The maximum absolute atomic E-state index is 14.0. The molecule has 180 valence electrons. The number of benzene rings is 2. The Morgan fingerprint density at radius 2 is 1.61 bits per heavy atom. The van der Waals surface area contributed by atoms with Crippen LogP contribution in [0.15, 0.2) is 42.5 Å². The fraction of sp³-hybridized carbons (Fsp3) is 0.263. The van der Waals surface area contributed by atoms with Gasteiger partial charge in [-0.3, -0.25) is 5.32 Å². The molecule has 2 rings (SSSR count). The highest BCUT2D eigenvalue weighted by atomic mass is 35.5. The summed E-state index contributed by atoms with van der Waals surface area (Å²) in [6.45, 7) is 0.631. The van der Waals surface area contributed by atoms with E-state index in [0.29, 0.717) is 12.1 Å². The number of urea groups is 1. The van der Waals surface area contributed by atoms with Gasteiger partial charge in [-0.2, -0.15) is 26.3 Å². The first-order valence-electron chi connectivity index (χ1n) is 8.84. The molecule has 1 atom stereocenters. The number of amides is 2. The second-order valence-corrected chi connectivity index (χ2v) is 6.63. The number of hydrogen-bond acceptors (Lipinski definition) is 4. The lowest BCUT2D eigenvalue weighted by molar-refractivity contribution is -0.259. The third kappa shape index (κ3) is 6.18. The van der Waals surface area contributed by atoms with E-state index in [-0.39, 0.29) is 0 Å². The topological polar surface area (TPSA) is 76.7 Å². The van der Waals surface area contributed by atoms with Crippen LogP contribution in [0.3, 0.4) is 0 Å². The zero-order valence-corrected chi connectivity index (χ0v) is 17.2. The molecular formula is C19H14ClF7N2O4. The Kier molecular flexibility index (Phi) is 7.68. The van der Waals surface area contributed by atoms with Gasteiger partial charge >= 0.3 is 30.1 Å². The van der Waals surface area contributed by atoms with E-state index >= 15 is 0 Å². The first-order chi connectivity index (χ1) is 15.2. The van der Waals surface area contributed by atoms with E-state index in [9.17, 15) is 40.3 Å². The molecule has 0 aromatic heterocycles. The summed E-state index contributed by atoms with van der Waals surface area (Å²) in [6.07, 6.45) is -10.5. The second kappa shape index (κ2) is 9.73. The average molecular weight is 503 g/mol. The third-order valence-corrected chi connectivity index (χ3v) is 4.21. The molecule has 6 nitrogen and oxygen atoms in total. The van der Waals surface area contributed by atoms with E-state index in [1.165, 1.54) is 12.2 Å². The Morgan fingerprint density at radius 1 is 1.00 bits per heavy atom. The zero-order valence-electron chi connectivity index (χ0n) is 16.4. The minimum absolute atomic E-state index is 0.377. The largest absolute Gasteiger partial charge is 0.461 e. The number of carbonyl (C=O) groups excluding carboxylic acids is 2. The van der Waals surface area contributed by atoms with E-state index in [1.54, 1.807) is 5.32 Å². The third-order valence-electron chi connectivity index (χ3n) is 3.88. The van der Waals surface area contributed by atoms with Gasteiger partial charge < -0.3 is 14.8 Å². The molecule has 0 bridgehead atoms. The van der Waals surface area contributed by atoms with Crippen molar-refractivity contribution in [2.45, 2.75) is 25.0 Å². The SMILES string of the molecule is CCOC(=O)[C@](NC(=O)Nc1cc(C(F)(F)F)ccc1Cl)(Oc1ccc(F)cc1)C(F)(F)F. The number of hydrogen-bond donors (Lipinski definition) is 2. The van der Waals surface area contributed by atoms with Gasteiger partial charge in [0, 0.05) is 0 Å². The fourth-order valence-corrected chi connectivity index (χ4v) is 2.55. The highest BCUT2D eigenvalue weighted by molar-refractivity contribution is 6.33. The van der Waals surface area contributed by atoms with Crippen molar-refractivity contribution in [2.24, 2.45) is 0 Å². The Morgan fingerprint density at radius 3 is 2.12 bits per heavy atom. The van der Waals surface area contributed by atoms with Crippen molar-refractivity contribution >= 4 is 29.3 Å². The molecule has 0 saturated heterocycles. The van der Waals surface area contributed by atoms with E-state index in [4.69, 9.17) is 16.3 Å². The fourth-order valence-electron chi connectivity index (χ4n) is 2.39. The smallest absolute Gasteiger partial charge is 0.460 e. The predicted octanol–water partition coefficient (Wildman–Crippen LogP) is 5.52. The van der Waals surface area contributed by atoms with Crippen molar-refractivity contribution < 1.29 is 49.8 Å². The molecule has 0 unspecified atom stereocenters. The first kappa shape index (κ1) is 26.0. The molecule has 0 radical (unpaired) electrons. The van der Waals surface area contributed by atoms with Gasteiger partial charge in [0.1, 0.15) is 11.6 Å². The van der Waals surface area contributed by atoms with E-state index in [2.05, 4.69) is 4.74 Å². The van der Waals surface area contributed by atoms with Crippen LogP contribution in [0.25, 0.3) is 0 Å². The van der Waals surface area contributed by atoms with Crippen LogP contribution in [0.1, 0.15) is 12.5 Å². The Hall–Kier alpha value is -3.22. The number of ether oxygens (including phenoxy) is 2. The molecule has 2 amide bonds. The molecule has 0 fully saturated rings. The Bertz CT molecular complexity index is 1010. The lowest BCUT2D eigenvalue weighted by Gasteiger charge is -2.34. The van der Waals surface area contributed by atoms with Crippen LogP contribution >= 0.6 is 11.6 Å². The summed E-state index contributed by atoms with van der Waals surface area (Å²) < 4.78 is 103. The highest BCUT2D eigenvalue weighted by Crippen LogP contribution is 2.36. The molecular weight excluding hydrogens is 489 g/mol. The van der Waals surface area contributed by atoms with Crippen LogP contribution in [0.4, 0.5) is 41.2 Å². The standard InChI is InChI=1S/C19H14ClF7N2O4/c1-2-32-15(30)17(19(25,26)27,33-12-6-4-11(21)5-7-12)29-16(31)28-14-9-10(18(22,23)24)3-8-13(14)20/h3-9H,2H2,1H3,(H2,28,29,31)/t17-/m0/s1. The molecule has 0 heterocycles. The summed E-state index contributed by atoms with van der Waals surface area (Å²) >= 11 is 5.72. The molecule has 0 aliphatic heterocycles. The molecule has 0 aliphatic carbocycles. The number of alkyl halides is 6. The Balaban J connectivity index is 2.44. The average Bonchev–Trinajstić information content (AvgIpc) is 2.69. The van der Waals surface area contributed by atoms with Gasteiger partial charge in [0.15, 0.2) is 0 Å². The highest BCUT2D eigenvalue weighted by Gasteiger charge is 2.66. The summed E-state index contributed by atoms with van der Waals surface area (Å²) in [5.41, 5.74) is -6.10. The predicted molar refractivity (Wildman–Crippen MR) is 101 cm³/mol. The molecule has 2 aromatic rings. The lowest BCUT2D eigenvalue weighted by Crippen LogP contribution is -2.69. The maximum atomic E-state index is 14.0. The van der Waals surface area contributed by atoms with Crippen LogP contribution in [-0.2, 0) is 15.7 Å². The van der Waals surface area contributed by atoms with Crippen molar-refractivity contribution in [3.05, 3.63) is 58.9 Å². The van der Waals surface area contributed by atoms with E-state index in [1.807, 2.05) is 0 Å². The quantitative estimate of drug-likeness (QED) is 0.310. The lowest BCUT2D eigenvalue weighted by atomic mass is 10.2. The van der Waals surface area contributed by atoms with Gasteiger partial charge in [-0.1, -0.05) is 11.6 Å². The molecule has 0 saturated carbocycles. The number of carbonyl (C=O) groups is 2. The van der Waals surface area contributed by atoms with Gasteiger partial charge in [0.05, 0.1) is 22.9 Å². The van der Waals surface area contributed by atoms with Gasteiger partial charge in [0.25, 0.3) is 0 Å². The van der Waals surface area contributed by atoms with Crippen molar-refractivity contribution in [3.8, 4) is 5.75 Å². The van der Waals surface area contributed by atoms with Gasteiger partial charge in [-0.05, 0) is 49.4 Å². The second-order valence-electron chi connectivity index (χ2n) is 6.23. The number of nitrogens with one attached hydrogen (secondary N) is 2. The van der Waals surface area contributed by atoms with E-state index in [0.717, 1.165) is 30.3 Å². The Labute approximate surface area is 186 Å². The molecule has 33 heavy (non-hydrogen) atoms. The van der Waals surface area contributed by atoms with Gasteiger partial charge in [-0.25, -0.2) is 14.0 Å². The van der Waals surface area contributed by atoms with Crippen molar-refractivity contribution in [1.82, 2.24) is 5.32 Å². The zero-order chi connectivity index (χ0) is 25.0. The van der Waals surface area contributed by atoms with Crippen molar-refractivity contribution in [2.75, 3.05) is 11.9 Å².